The van der Waals surface area contributed by atoms with Crippen LogP contribution in [-0.2, 0) is 11.2 Å². The smallest absolute Gasteiger partial charge is 0.226 e. The summed E-state index contributed by atoms with van der Waals surface area (Å²) in [5.41, 5.74) is 0. The van der Waals surface area contributed by atoms with Gasteiger partial charge in [0.15, 0.2) is 5.82 Å². The third kappa shape index (κ3) is 6.20. The number of aryl methyl sites for hydroxylation is 2. The second-order valence-electron chi connectivity index (χ2n) is 5.56. The van der Waals surface area contributed by atoms with Gasteiger partial charge in [-0.2, -0.15) is 4.98 Å². The zero-order valence-electron chi connectivity index (χ0n) is 14.0. The fourth-order valence-electron chi connectivity index (χ4n) is 2.17. The number of benzene rings is 1. The van der Waals surface area contributed by atoms with E-state index in [9.17, 15) is 4.79 Å². The molecule has 1 heterocycles. The standard InChI is InChI=1S/C17H22ClN3O3/c1-13-19-16(24-20-13)5-3-6-17(22)21(2)11-4-12-23-15-9-7-14(18)8-10-15/h7-10H,3-6,11-12H2,1-2H3. The van der Waals surface area contributed by atoms with Gasteiger partial charge in [-0.3, -0.25) is 4.79 Å². The molecule has 0 N–H and O–H groups in total. The maximum atomic E-state index is 12.0. The SMILES string of the molecule is Cc1noc(CCCC(=O)N(C)CCCOc2ccc(Cl)cc2)n1. The summed E-state index contributed by atoms with van der Waals surface area (Å²) in [5, 5.41) is 4.41. The van der Waals surface area contributed by atoms with Gasteiger partial charge in [0.2, 0.25) is 11.8 Å². The van der Waals surface area contributed by atoms with E-state index in [1.165, 1.54) is 0 Å². The highest BCUT2D eigenvalue weighted by molar-refractivity contribution is 6.30. The Bertz CT molecular complexity index is 643. The summed E-state index contributed by atoms with van der Waals surface area (Å²) < 4.78 is 10.6. The molecule has 2 aromatic rings. The monoisotopic (exact) mass is 351 g/mol. The van der Waals surface area contributed by atoms with Crippen LogP contribution in [-0.4, -0.2) is 41.1 Å². The van der Waals surface area contributed by atoms with Crippen LogP contribution in [0.3, 0.4) is 0 Å². The van der Waals surface area contributed by atoms with Crippen LogP contribution in [0, 0.1) is 6.92 Å². The summed E-state index contributed by atoms with van der Waals surface area (Å²) in [7, 11) is 1.81. The number of nitrogens with zero attached hydrogens (tertiary/aromatic N) is 3. The minimum absolute atomic E-state index is 0.109. The molecule has 7 heteroatoms. The predicted octanol–water partition coefficient (Wildman–Crippen LogP) is 3.28. The molecule has 0 bridgehead atoms. The topological polar surface area (TPSA) is 68.5 Å². The van der Waals surface area contributed by atoms with Crippen molar-refractivity contribution in [3.8, 4) is 5.75 Å². The Balaban J connectivity index is 1.58. The second kappa shape index (κ2) is 9.27. The number of hydrogen-bond acceptors (Lipinski definition) is 5. The number of ether oxygens (including phenoxy) is 1. The van der Waals surface area contributed by atoms with E-state index in [0.29, 0.717) is 49.2 Å². The van der Waals surface area contributed by atoms with Crippen LogP contribution >= 0.6 is 11.6 Å². The second-order valence-corrected chi connectivity index (χ2v) is 6.00. The molecule has 1 aromatic carbocycles. The summed E-state index contributed by atoms with van der Waals surface area (Å²) in [6.45, 7) is 2.99. The predicted molar refractivity (Wildman–Crippen MR) is 91.2 cm³/mol. The maximum absolute atomic E-state index is 12.0. The average Bonchev–Trinajstić information content (AvgIpc) is 2.98. The highest BCUT2D eigenvalue weighted by atomic mass is 35.5. The van der Waals surface area contributed by atoms with E-state index in [1.807, 2.05) is 19.2 Å². The third-order valence-electron chi connectivity index (χ3n) is 3.50. The largest absolute Gasteiger partial charge is 0.494 e. The van der Waals surface area contributed by atoms with Crippen LogP contribution in [0.1, 0.15) is 31.0 Å². The minimum Gasteiger partial charge on any atom is -0.494 e. The number of amides is 1. The van der Waals surface area contributed by atoms with Crippen molar-refractivity contribution in [3.05, 3.63) is 41.0 Å². The molecule has 0 spiro atoms. The molecule has 0 aliphatic carbocycles. The Hall–Kier alpha value is -2.08. The Morgan fingerprint density at radius 1 is 1.29 bits per heavy atom. The van der Waals surface area contributed by atoms with Gasteiger partial charge in [-0.1, -0.05) is 16.8 Å². The molecule has 1 amide bonds. The molecule has 0 saturated carbocycles. The first-order valence-corrected chi connectivity index (χ1v) is 8.34. The summed E-state index contributed by atoms with van der Waals surface area (Å²) in [5.74, 6) is 2.09. The highest BCUT2D eigenvalue weighted by Gasteiger charge is 2.10. The van der Waals surface area contributed by atoms with Crippen molar-refractivity contribution in [2.45, 2.75) is 32.6 Å². The van der Waals surface area contributed by atoms with Crippen LogP contribution in [0.2, 0.25) is 5.02 Å². The molecule has 0 unspecified atom stereocenters. The van der Waals surface area contributed by atoms with Crippen molar-refractivity contribution in [3.63, 3.8) is 0 Å². The minimum atomic E-state index is 0.109. The van der Waals surface area contributed by atoms with Gasteiger partial charge in [0.05, 0.1) is 6.61 Å². The molecule has 0 atom stereocenters. The van der Waals surface area contributed by atoms with E-state index in [2.05, 4.69) is 10.1 Å². The fraction of sp³-hybridized carbons (Fsp3) is 0.471. The lowest BCUT2D eigenvalue weighted by molar-refractivity contribution is -0.130. The lowest BCUT2D eigenvalue weighted by Crippen LogP contribution is -2.28. The number of carbonyl (C=O) groups excluding carboxylic acids is 1. The molecule has 24 heavy (non-hydrogen) atoms. The van der Waals surface area contributed by atoms with Gasteiger partial charge in [-0.05, 0) is 44.0 Å². The first-order valence-electron chi connectivity index (χ1n) is 7.96. The lowest BCUT2D eigenvalue weighted by Gasteiger charge is -2.17. The zero-order valence-corrected chi connectivity index (χ0v) is 14.8. The Labute approximate surface area is 146 Å². The van der Waals surface area contributed by atoms with Crippen molar-refractivity contribution < 1.29 is 14.1 Å². The van der Waals surface area contributed by atoms with E-state index >= 15 is 0 Å². The number of halogens is 1. The molecule has 1 aromatic heterocycles. The van der Waals surface area contributed by atoms with Crippen LogP contribution < -0.4 is 4.74 Å². The lowest BCUT2D eigenvalue weighted by atomic mass is 10.2. The summed E-state index contributed by atoms with van der Waals surface area (Å²) >= 11 is 5.82. The van der Waals surface area contributed by atoms with E-state index in [1.54, 1.807) is 24.0 Å². The normalized spacial score (nSPS) is 10.6. The average molecular weight is 352 g/mol. The molecule has 130 valence electrons. The van der Waals surface area contributed by atoms with Gasteiger partial charge >= 0.3 is 0 Å². The molecule has 0 aliphatic rings. The Morgan fingerprint density at radius 3 is 2.71 bits per heavy atom. The van der Waals surface area contributed by atoms with E-state index in [4.69, 9.17) is 20.9 Å². The number of rotatable bonds is 9. The number of carbonyl (C=O) groups is 1. The van der Waals surface area contributed by atoms with Crippen LogP contribution in [0.15, 0.2) is 28.8 Å². The van der Waals surface area contributed by atoms with E-state index in [-0.39, 0.29) is 5.91 Å². The molecular weight excluding hydrogens is 330 g/mol. The van der Waals surface area contributed by atoms with Crippen LogP contribution in [0.25, 0.3) is 0 Å². The van der Waals surface area contributed by atoms with Crippen molar-refractivity contribution >= 4 is 17.5 Å². The fourth-order valence-corrected chi connectivity index (χ4v) is 2.30. The zero-order chi connectivity index (χ0) is 17.4. The van der Waals surface area contributed by atoms with E-state index in [0.717, 1.165) is 12.2 Å². The maximum Gasteiger partial charge on any atom is 0.226 e. The first kappa shape index (κ1) is 18.3. The molecular formula is C17H22ClN3O3. The molecule has 2 rings (SSSR count). The van der Waals surface area contributed by atoms with Crippen molar-refractivity contribution in [2.75, 3.05) is 20.2 Å². The highest BCUT2D eigenvalue weighted by Crippen LogP contribution is 2.15. The van der Waals surface area contributed by atoms with Crippen LogP contribution in [0.4, 0.5) is 0 Å². The van der Waals surface area contributed by atoms with Gasteiger partial charge < -0.3 is 14.2 Å². The van der Waals surface area contributed by atoms with Gasteiger partial charge in [0, 0.05) is 31.5 Å². The van der Waals surface area contributed by atoms with Crippen molar-refractivity contribution in [1.82, 2.24) is 15.0 Å². The molecule has 0 radical (unpaired) electrons. The van der Waals surface area contributed by atoms with Gasteiger partial charge in [0.25, 0.3) is 0 Å². The molecule has 0 saturated heterocycles. The molecule has 0 aliphatic heterocycles. The Kier molecular flexibility index (Phi) is 7.06. The third-order valence-corrected chi connectivity index (χ3v) is 3.75. The van der Waals surface area contributed by atoms with Gasteiger partial charge in [-0.25, -0.2) is 0 Å². The van der Waals surface area contributed by atoms with Gasteiger partial charge in [0.1, 0.15) is 5.75 Å². The van der Waals surface area contributed by atoms with Crippen molar-refractivity contribution in [1.29, 1.82) is 0 Å². The van der Waals surface area contributed by atoms with Gasteiger partial charge in [-0.15, -0.1) is 0 Å². The summed E-state index contributed by atoms with van der Waals surface area (Å²) in [6.07, 6.45) is 2.57. The quantitative estimate of drug-likeness (QED) is 0.648. The number of aromatic nitrogens is 2. The summed E-state index contributed by atoms with van der Waals surface area (Å²) in [6, 6.07) is 7.24. The molecule has 6 nitrogen and oxygen atoms in total. The number of hydrogen-bond donors (Lipinski definition) is 0. The van der Waals surface area contributed by atoms with Crippen molar-refractivity contribution in [2.24, 2.45) is 0 Å². The Morgan fingerprint density at radius 2 is 2.04 bits per heavy atom. The summed E-state index contributed by atoms with van der Waals surface area (Å²) in [4.78, 5) is 17.9. The van der Waals surface area contributed by atoms with Crippen LogP contribution in [0.5, 0.6) is 5.75 Å². The molecule has 0 fully saturated rings. The van der Waals surface area contributed by atoms with E-state index < -0.39 is 0 Å². The first-order chi connectivity index (χ1) is 11.5.